The van der Waals surface area contributed by atoms with E-state index >= 15 is 0 Å². The molecule has 1 atom stereocenters. The zero-order chi connectivity index (χ0) is 31.8. The van der Waals surface area contributed by atoms with Crippen molar-refractivity contribution >= 4 is 29.5 Å². The first-order valence-corrected chi connectivity index (χ1v) is 14.8. The number of anilines is 1. The van der Waals surface area contributed by atoms with Crippen LogP contribution in [0.25, 0.3) is 0 Å². The fourth-order valence-electron chi connectivity index (χ4n) is 5.18. The van der Waals surface area contributed by atoms with Gasteiger partial charge in [0, 0.05) is 64.0 Å². The monoisotopic (exact) mass is 605 g/mol. The molecule has 0 spiro atoms. The fourth-order valence-corrected chi connectivity index (χ4v) is 5.18. The van der Waals surface area contributed by atoms with Crippen molar-refractivity contribution in [2.75, 3.05) is 77.3 Å². The summed E-state index contributed by atoms with van der Waals surface area (Å²) in [4.78, 5) is 54.6. The molecule has 1 aliphatic rings. The van der Waals surface area contributed by atoms with Gasteiger partial charge in [0.05, 0.1) is 31.9 Å². The summed E-state index contributed by atoms with van der Waals surface area (Å²) in [5, 5.41) is 41.6. The van der Waals surface area contributed by atoms with Gasteiger partial charge in [0.25, 0.3) is 0 Å². The molecule has 0 radical (unpaired) electrons. The number of hydrogen-bond acceptors (Lipinski definition) is 9. The lowest BCUT2D eigenvalue weighted by molar-refractivity contribution is -0.141. The maximum absolute atomic E-state index is 12.2. The third kappa shape index (κ3) is 15.0. The zero-order valence-electron chi connectivity index (χ0n) is 25.1. The number of benzene rings is 1. The highest BCUT2D eigenvalue weighted by molar-refractivity contribution is 5.90. The molecule has 1 unspecified atom stereocenters. The van der Waals surface area contributed by atoms with E-state index in [1.807, 2.05) is 17.0 Å². The van der Waals surface area contributed by atoms with E-state index in [1.54, 1.807) is 26.8 Å². The van der Waals surface area contributed by atoms with Crippen LogP contribution < -0.4 is 5.32 Å². The Morgan fingerprint density at radius 1 is 0.767 bits per heavy atom. The lowest BCUT2D eigenvalue weighted by atomic mass is 10.0. The molecule has 13 nitrogen and oxygen atoms in total. The second-order valence-electron chi connectivity index (χ2n) is 11.1. The van der Waals surface area contributed by atoms with Gasteiger partial charge in [0.2, 0.25) is 5.91 Å². The van der Waals surface area contributed by atoms with E-state index in [0.717, 1.165) is 24.8 Å². The van der Waals surface area contributed by atoms with Crippen molar-refractivity contribution in [3.05, 3.63) is 42.2 Å². The van der Waals surface area contributed by atoms with Crippen LogP contribution in [0, 0.1) is 0 Å². The Bertz CT molecular complexity index is 1070. The minimum absolute atomic E-state index is 0.0484. The molecule has 0 saturated carbocycles. The Balaban J connectivity index is 2.32. The third-order valence-electron chi connectivity index (χ3n) is 7.33. The molecule has 1 aromatic carbocycles. The summed E-state index contributed by atoms with van der Waals surface area (Å²) in [6.45, 7) is 7.32. The Labute approximate surface area is 253 Å². The number of carboxylic acid groups (broad SMARTS) is 3. The van der Waals surface area contributed by atoms with Crippen LogP contribution in [-0.4, -0.2) is 142 Å². The van der Waals surface area contributed by atoms with Crippen molar-refractivity contribution in [2.45, 2.75) is 45.1 Å². The molecule has 2 rings (SSSR count). The predicted molar refractivity (Wildman–Crippen MR) is 162 cm³/mol. The SMILES string of the molecule is C=C(O)CN1CCN(CC(=O)O)CCN(CC(=O)O)C(Cc2ccc(NC(=O)CCCCC)cc2)CN(CC(=O)O)CC1. The number of aliphatic hydroxyl groups excluding tert-OH is 1. The maximum Gasteiger partial charge on any atom is 0.317 e. The number of rotatable bonds is 15. The number of carboxylic acids is 3. The third-order valence-corrected chi connectivity index (χ3v) is 7.33. The normalized spacial score (nSPS) is 18.3. The van der Waals surface area contributed by atoms with E-state index in [-0.39, 0.29) is 57.5 Å². The lowest BCUT2D eigenvalue weighted by Gasteiger charge is -2.37. The van der Waals surface area contributed by atoms with Crippen LogP contribution in [-0.2, 0) is 25.6 Å². The first-order valence-electron chi connectivity index (χ1n) is 14.8. The summed E-state index contributed by atoms with van der Waals surface area (Å²) >= 11 is 0. The predicted octanol–water partition coefficient (Wildman–Crippen LogP) is 1.66. The standard InChI is InChI=1S/C30H47N5O8/c1-3-4-5-6-27(37)31-25-9-7-24(8-10-25)17-26-19-34(21-29(40)41)14-13-32(18-23(2)36)11-12-33(20-28(38)39)15-16-35(26)22-30(42)43/h7-10,26,36H,2-6,11-22H2,1H3,(H,31,37)(H,38,39)(H,40,41)(H,42,43). The van der Waals surface area contributed by atoms with Crippen LogP contribution in [0.2, 0.25) is 0 Å². The number of hydrogen-bond donors (Lipinski definition) is 5. The fraction of sp³-hybridized carbons (Fsp3) is 0.600. The minimum atomic E-state index is -1.04. The molecule has 0 aliphatic carbocycles. The van der Waals surface area contributed by atoms with Crippen LogP contribution in [0.15, 0.2) is 36.6 Å². The molecule has 1 aromatic rings. The lowest BCUT2D eigenvalue weighted by Crippen LogP contribution is -2.53. The summed E-state index contributed by atoms with van der Waals surface area (Å²) in [7, 11) is 0. The average Bonchev–Trinajstić information content (AvgIpc) is 2.91. The van der Waals surface area contributed by atoms with Gasteiger partial charge in [-0.15, -0.1) is 0 Å². The summed E-state index contributed by atoms with van der Waals surface area (Å²) in [6, 6.07) is 6.92. The van der Waals surface area contributed by atoms with Gasteiger partial charge in [-0.3, -0.25) is 38.8 Å². The van der Waals surface area contributed by atoms with Gasteiger partial charge in [-0.2, -0.15) is 0 Å². The summed E-state index contributed by atoms with van der Waals surface area (Å²) < 4.78 is 0. The Morgan fingerprint density at radius 2 is 1.30 bits per heavy atom. The number of unbranched alkanes of at least 4 members (excludes halogenated alkanes) is 2. The molecule has 1 heterocycles. The zero-order valence-corrected chi connectivity index (χ0v) is 25.1. The molecule has 0 aromatic heterocycles. The number of carbonyl (C=O) groups is 4. The highest BCUT2D eigenvalue weighted by Gasteiger charge is 2.27. The highest BCUT2D eigenvalue weighted by Crippen LogP contribution is 2.16. The van der Waals surface area contributed by atoms with Gasteiger partial charge in [-0.05, 0) is 30.5 Å². The Morgan fingerprint density at radius 3 is 1.86 bits per heavy atom. The Hall–Kier alpha value is -3.52. The van der Waals surface area contributed by atoms with Crippen molar-refractivity contribution in [3.8, 4) is 0 Å². The molecule has 43 heavy (non-hydrogen) atoms. The highest BCUT2D eigenvalue weighted by atomic mass is 16.4. The van der Waals surface area contributed by atoms with E-state index in [1.165, 1.54) is 0 Å². The second-order valence-corrected chi connectivity index (χ2v) is 11.1. The van der Waals surface area contributed by atoms with Crippen molar-refractivity contribution in [1.82, 2.24) is 19.6 Å². The topological polar surface area (TPSA) is 174 Å². The number of aliphatic hydroxyl groups is 1. The van der Waals surface area contributed by atoms with E-state index in [4.69, 9.17) is 0 Å². The van der Waals surface area contributed by atoms with E-state index in [0.29, 0.717) is 44.7 Å². The average molecular weight is 606 g/mol. The van der Waals surface area contributed by atoms with Gasteiger partial charge in [0.15, 0.2) is 0 Å². The molecule has 5 N–H and O–H groups in total. The van der Waals surface area contributed by atoms with Crippen molar-refractivity contribution in [2.24, 2.45) is 0 Å². The second kappa shape index (κ2) is 18.9. The molecule has 1 saturated heterocycles. The van der Waals surface area contributed by atoms with Gasteiger partial charge >= 0.3 is 17.9 Å². The van der Waals surface area contributed by atoms with Gasteiger partial charge in [-0.25, -0.2) is 0 Å². The molecule has 13 heteroatoms. The van der Waals surface area contributed by atoms with Crippen molar-refractivity contribution in [3.63, 3.8) is 0 Å². The van der Waals surface area contributed by atoms with Crippen LogP contribution >= 0.6 is 0 Å². The molecular formula is C30H47N5O8. The minimum Gasteiger partial charge on any atom is -0.512 e. The van der Waals surface area contributed by atoms with Crippen molar-refractivity contribution in [1.29, 1.82) is 0 Å². The number of aliphatic carboxylic acids is 3. The summed E-state index contributed by atoms with van der Waals surface area (Å²) in [5.74, 6) is -3.16. The Kier molecular flexibility index (Phi) is 15.7. The summed E-state index contributed by atoms with van der Waals surface area (Å²) in [5.41, 5.74) is 1.54. The largest absolute Gasteiger partial charge is 0.512 e. The van der Waals surface area contributed by atoms with Crippen molar-refractivity contribution < 1.29 is 39.6 Å². The first-order chi connectivity index (χ1) is 20.4. The van der Waals surface area contributed by atoms with Crippen LogP contribution in [0.5, 0.6) is 0 Å². The van der Waals surface area contributed by atoms with Crippen LogP contribution in [0.1, 0.15) is 38.2 Å². The van der Waals surface area contributed by atoms with E-state index in [2.05, 4.69) is 18.8 Å². The van der Waals surface area contributed by atoms with Crippen LogP contribution in [0.4, 0.5) is 5.69 Å². The van der Waals surface area contributed by atoms with Crippen LogP contribution in [0.3, 0.4) is 0 Å². The number of amides is 1. The molecule has 1 fully saturated rings. The molecular weight excluding hydrogens is 558 g/mol. The van der Waals surface area contributed by atoms with Gasteiger partial charge in [-0.1, -0.05) is 38.5 Å². The first kappa shape index (κ1) is 35.7. The van der Waals surface area contributed by atoms with Gasteiger partial charge in [0.1, 0.15) is 0 Å². The molecule has 1 aliphatic heterocycles. The van der Waals surface area contributed by atoms with E-state index < -0.39 is 23.9 Å². The maximum atomic E-state index is 12.2. The number of nitrogens with zero attached hydrogens (tertiary/aromatic N) is 4. The molecule has 1 amide bonds. The quantitative estimate of drug-likeness (QED) is 0.145. The molecule has 240 valence electrons. The molecule has 0 bridgehead atoms. The summed E-state index contributed by atoms with van der Waals surface area (Å²) in [6.07, 6.45) is 3.70. The smallest absolute Gasteiger partial charge is 0.317 e. The van der Waals surface area contributed by atoms with Gasteiger partial charge < -0.3 is 25.7 Å². The number of nitrogens with one attached hydrogen (secondary N) is 1. The number of carbonyl (C=O) groups excluding carboxylic acids is 1. The van der Waals surface area contributed by atoms with E-state index in [9.17, 15) is 39.6 Å².